The Kier molecular flexibility index (Phi) is 223. The van der Waals surface area contributed by atoms with Gasteiger partial charge >= 0.3 is 75.5 Å². The second-order valence-electron chi connectivity index (χ2n) is 3.02. The second kappa shape index (κ2) is 43.7. The average Bonchev–Trinajstić information content (AvgIpc) is 1.25. The zero-order chi connectivity index (χ0) is 7.00. The van der Waals surface area contributed by atoms with E-state index in [0.29, 0.717) is 0 Å². The minimum atomic E-state index is -2.53. The van der Waals surface area contributed by atoms with Crippen LogP contribution in [0.3, 0.4) is 0 Å². The van der Waals surface area contributed by atoms with Crippen LogP contribution in [0.1, 0.15) is 0 Å². The molecule has 0 aromatic heterocycles. The fourth-order valence-corrected chi connectivity index (χ4v) is 0. The molecule has 0 rings (SSSR count). The van der Waals surface area contributed by atoms with Gasteiger partial charge < -0.3 is 65.1 Å². The molecule has 0 aliphatic carbocycles. The van der Waals surface area contributed by atoms with Crippen LogP contribution in [0.4, 0.5) is 0 Å². The monoisotopic (exact) mass is 712 g/mol. The summed E-state index contributed by atoms with van der Waals surface area (Å²) < 4.78 is 0. The van der Waals surface area contributed by atoms with E-state index in [2.05, 4.69) is 0 Å². The van der Waals surface area contributed by atoms with Gasteiger partial charge in [-0.3, -0.25) is 0 Å². The van der Waals surface area contributed by atoms with Gasteiger partial charge in [0.05, 0.1) is 0 Å². The molecule has 0 radical (unpaired) electrons. The third-order valence-corrected chi connectivity index (χ3v) is 13.0. The summed E-state index contributed by atoms with van der Waals surface area (Å²) in [7, 11) is -5.05. The van der Waals surface area contributed by atoms with Crippen molar-refractivity contribution in [3.05, 3.63) is 44.6 Å². The first kappa shape index (κ1) is 102. The molecule has 0 aromatic rings. The molecule has 0 spiro atoms. The summed E-state index contributed by atoms with van der Waals surface area (Å²) in [6.45, 7) is 6.41. The number of hydrogen-bond donors (Lipinski definition) is 0. The molecule has 20 heavy (non-hydrogen) atoms. The van der Waals surface area contributed by atoms with Crippen molar-refractivity contribution in [1.82, 2.24) is 0 Å². The van der Waals surface area contributed by atoms with Crippen molar-refractivity contribution in [3.63, 3.8) is 0 Å². The average molecular weight is 710 g/mol. The minimum absolute atomic E-state index is 0. The van der Waals surface area contributed by atoms with Crippen molar-refractivity contribution in [2.75, 3.05) is 0 Å². The maximum atomic E-state index is 11.0. The second-order valence-corrected chi connectivity index (χ2v) is 16.3. The smallest absolute Gasteiger partial charge is 0.870 e. The molecule has 0 amide bonds. The van der Waals surface area contributed by atoms with Gasteiger partial charge in [-0.05, 0) is 0 Å². The molecule has 0 saturated carbocycles. The summed E-state index contributed by atoms with van der Waals surface area (Å²) in [6, 6.07) is 0. The largest absolute Gasteiger partial charge is 2.00 e. The first-order chi connectivity index (χ1) is 3.25. The Morgan fingerprint density at radius 3 is 0.550 bits per heavy atom. The third kappa shape index (κ3) is 57.0. The van der Waals surface area contributed by atoms with E-state index >= 15 is 0 Å². The SMILES string of the molecule is C[Si](C)([O-])[Si](C)(C)[O-].[CH3-].[CH3-].[CH3-].[CH3-].[CH3-].[CH3-].[Ca+2].[Ca+2].[Hf].[Hf].[OH-].[OH-]. The van der Waals surface area contributed by atoms with Crippen LogP contribution < -0.4 is 9.59 Å². The van der Waals surface area contributed by atoms with Crippen LogP contribution in [0.15, 0.2) is 0 Å². The molecule has 0 aliphatic heterocycles. The van der Waals surface area contributed by atoms with Gasteiger partial charge in [0.1, 0.15) is 0 Å². The molecule has 0 saturated heterocycles. The van der Waals surface area contributed by atoms with E-state index in [-0.39, 0.29) is 183 Å². The van der Waals surface area contributed by atoms with Crippen molar-refractivity contribution in [3.8, 4) is 0 Å². The van der Waals surface area contributed by atoms with Crippen molar-refractivity contribution in [2.45, 2.75) is 26.2 Å². The van der Waals surface area contributed by atoms with Crippen molar-refractivity contribution >= 4 is 91.1 Å². The molecule has 0 fully saturated rings. The zero-order valence-electron chi connectivity index (χ0n) is 15.1. The van der Waals surface area contributed by atoms with Gasteiger partial charge in [-0.2, -0.15) is 0 Å². The predicted octanol–water partition coefficient (Wildman–Crippen LogP) is 0.777. The van der Waals surface area contributed by atoms with Crippen LogP contribution in [0.25, 0.3) is 0 Å². The Balaban J connectivity index is -0.00000000371. The third-order valence-electron chi connectivity index (χ3n) is 1.45. The van der Waals surface area contributed by atoms with Crippen LogP contribution in [-0.2, 0) is 51.7 Å². The molecule has 0 aromatic carbocycles. The Morgan fingerprint density at radius 1 is 0.500 bits per heavy atom. The molecule has 10 heteroatoms. The molecule has 0 bridgehead atoms. The van der Waals surface area contributed by atoms with E-state index in [1.807, 2.05) is 0 Å². The fraction of sp³-hybridized carbons (Fsp3) is 0.400. The van der Waals surface area contributed by atoms with Crippen molar-refractivity contribution in [1.29, 1.82) is 0 Å². The number of hydrogen-bond acceptors (Lipinski definition) is 4. The predicted molar refractivity (Wildman–Crippen MR) is 88.8 cm³/mol. The van der Waals surface area contributed by atoms with E-state index in [1.54, 1.807) is 26.2 Å². The van der Waals surface area contributed by atoms with Crippen LogP contribution in [-0.4, -0.2) is 102 Å². The summed E-state index contributed by atoms with van der Waals surface area (Å²) in [6.07, 6.45) is 0. The topological polar surface area (TPSA) is 106 Å². The van der Waals surface area contributed by atoms with E-state index < -0.39 is 15.7 Å². The maximum Gasteiger partial charge on any atom is 2.00 e. The zero-order valence-corrected chi connectivity index (χ0v) is 28.7. The normalized spacial score (nSPS) is 5.70. The Hall–Kier alpha value is 4.53. The Morgan fingerprint density at radius 2 is 0.550 bits per heavy atom. The van der Waals surface area contributed by atoms with Gasteiger partial charge in [-0.1, -0.05) is 41.9 Å². The van der Waals surface area contributed by atoms with Gasteiger partial charge in [-0.25, -0.2) is 0 Å². The van der Waals surface area contributed by atoms with Crippen LogP contribution >= 0.6 is 0 Å². The number of rotatable bonds is 1. The first-order valence-corrected chi connectivity index (χ1v) is 9.47. The van der Waals surface area contributed by atoms with Gasteiger partial charge in [0, 0.05) is 51.7 Å². The summed E-state index contributed by atoms with van der Waals surface area (Å²) in [5.74, 6) is 0. The van der Waals surface area contributed by atoms with E-state index in [0.717, 1.165) is 0 Å². The van der Waals surface area contributed by atoms with Gasteiger partial charge in [0.15, 0.2) is 0 Å². The van der Waals surface area contributed by atoms with Crippen LogP contribution in [0, 0.1) is 44.6 Å². The summed E-state index contributed by atoms with van der Waals surface area (Å²) >= 11 is 0. The van der Waals surface area contributed by atoms with Crippen LogP contribution in [0.2, 0.25) is 26.2 Å². The quantitative estimate of drug-likeness (QED) is 0.297. The van der Waals surface area contributed by atoms with E-state index in [4.69, 9.17) is 0 Å². The van der Waals surface area contributed by atoms with Crippen molar-refractivity contribution in [2.24, 2.45) is 0 Å². The standard InChI is InChI=1S/C4H12O2Si2.6CH3.2Ca.2Hf.2H2O/c1-7(2,5)8(3,4)6;;;;;;;;;;;;/h1-4H3;6*1H3;;;;;2*1H2/q-2;6*-1;2*+2;;;;/p-2. The van der Waals surface area contributed by atoms with E-state index in [1.165, 1.54) is 0 Å². The van der Waals surface area contributed by atoms with Gasteiger partial charge in [-0.15, -0.1) is 0 Å². The molecule has 0 atom stereocenters. The molecule has 2 N–H and O–H groups in total. The minimum Gasteiger partial charge on any atom is -0.870 e. The molecule has 0 heterocycles. The van der Waals surface area contributed by atoms with Gasteiger partial charge in [0.2, 0.25) is 0 Å². The Labute approximate surface area is 229 Å². The molecular formula is C10H32Ca2Hf2O4Si2-6. The summed E-state index contributed by atoms with van der Waals surface area (Å²) in [4.78, 5) is 22.0. The Bertz CT molecular complexity index is 94.2. The molecule has 0 aliphatic rings. The maximum absolute atomic E-state index is 11.0. The molecular weight excluding hydrogens is 677 g/mol. The fourth-order valence-electron chi connectivity index (χ4n) is 0. The van der Waals surface area contributed by atoms with E-state index in [9.17, 15) is 9.59 Å². The van der Waals surface area contributed by atoms with Crippen LogP contribution in [0.5, 0.6) is 0 Å². The van der Waals surface area contributed by atoms with Crippen molar-refractivity contribution < 1.29 is 72.2 Å². The molecule has 0 unspecified atom stereocenters. The molecule has 122 valence electrons. The summed E-state index contributed by atoms with van der Waals surface area (Å²) in [5.41, 5.74) is 0. The van der Waals surface area contributed by atoms with Gasteiger partial charge in [0.25, 0.3) is 0 Å². The summed E-state index contributed by atoms with van der Waals surface area (Å²) in [5, 5.41) is 0. The molecule has 4 nitrogen and oxygen atoms in total. The first-order valence-electron chi connectivity index (χ1n) is 2.66.